The number of aromatic carboxylic acids is 1. The van der Waals surface area contributed by atoms with Gasteiger partial charge in [-0.3, -0.25) is 0 Å². The Hall–Kier alpha value is -1.92. The summed E-state index contributed by atoms with van der Waals surface area (Å²) in [5.74, 6) is -2.35. The second-order valence-electron chi connectivity index (χ2n) is 3.25. The lowest BCUT2D eigenvalue weighted by atomic mass is 10.4. The van der Waals surface area contributed by atoms with Crippen LogP contribution in [0.4, 0.5) is 13.2 Å². The highest BCUT2D eigenvalue weighted by molar-refractivity contribution is 5.92. The fourth-order valence-electron chi connectivity index (χ4n) is 1.46. The zero-order valence-corrected chi connectivity index (χ0v) is 8.00. The molecule has 0 amide bonds. The zero-order valence-electron chi connectivity index (χ0n) is 8.00. The van der Waals surface area contributed by atoms with E-state index in [0.717, 1.165) is 16.7 Å². The number of halogens is 3. The molecule has 0 aromatic carbocycles. The van der Waals surface area contributed by atoms with Crippen LogP contribution in [0.3, 0.4) is 0 Å². The monoisotopic (exact) mass is 233 g/mol. The van der Waals surface area contributed by atoms with Gasteiger partial charge in [0.15, 0.2) is 5.58 Å². The number of carboxylic acids is 1. The molecule has 0 saturated carbocycles. The number of hydrogen-bond donors (Lipinski definition) is 1. The maximum absolute atomic E-state index is 12.3. The van der Waals surface area contributed by atoms with Crippen molar-refractivity contribution in [2.75, 3.05) is 0 Å². The molecule has 0 unspecified atom stereocenters. The number of alkyl halides is 3. The van der Waals surface area contributed by atoms with Crippen LogP contribution in [-0.4, -0.2) is 15.6 Å². The summed E-state index contributed by atoms with van der Waals surface area (Å²) in [5, 5.41) is 8.73. The van der Waals surface area contributed by atoms with Crippen molar-refractivity contribution in [1.82, 2.24) is 4.57 Å². The van der Waals surface area contributed by atoms with Crippen LogP contribution < -0.4 is 0 Å². The van der Waals surface area contributed by atoms with Crippen LogP contribution in [0.2, 0.25) is 0 Å². The van der Waals surface area contributed by atoms with Crippen molar-refractivity contribution in [3.8, 4) is 0 Å². The molecule has 1 N–H and O–H groups in total. The number of carbonyl (C=O) groups is 1. The fraction of sp³-hybridized carbons (Fsp3) is 0.222. The van der Waals surface area contributed by atoms with E-state index in [0.29, 0.717) is 0 Å². The molecular weight excluding hydrogens is 227 g/mol. The van der Waals surface area contributed by atoms with Gasteiger partial charge in [0, 0.05) is 19.2 Å². The Labute approximate surface area is 86.9 Å². The first-order valence-electron chi connectivity index (χ1n) is 4.20. The van der Waals surface area contributed by atoms with Crippen molar-refractivity contribution in [2.24, 2.45) is 7.05 Å². The molecule has 0 atom stereocenters. The van der Waals surface area contributed by atoms with Gasteiger partial charge in [-0.15, -0.1) is 0 Å². The summed E-state index contributed by atoms with van der Waals surface area (Å²) in [5.41, 5.74) is -0.112. The number of carboxylic acid groups (broad SMARTS) is 1. The summed E-state index contributed by atoms with van der Waals surface area (Å²) >= 11 is 0. The Morgan fingerprint density at radius 2 is 2.06 bits per heavy atom. The summed E-state index contributed by atoms with van der Waals surface area (Å²) in [4.78, 5) is 10.7. The smallest absolute Gasteiger partial charge is 0.449 e. The van der Waals surface area contributed by atoms with Gasteiger partial charge >= 0.3 is 12.1 Å². The molecule has 0 radical (unpaired) electrons. The van der Waals surface area contributed by atoms with Crippen LogP contribution in [0.15, 0.2) is 16.5 Å². The average Bonchev–Trinajstić information content (AvgIpc) is 2.64. The first-order valence-corrected chi connectivity index (χ1v) is 4.20. The minimum absolute atomic E-state index is 0.0905. The Morgan fingerprint density at radius 3 is 2.50 bits per heavy atom. The summed E-state index contributed by atoms with van der Waals surface area (Å²) in [6.45, 7) is 0. The van der Waals surface area contributed by atoms with E-state index >= 15 is 0 Å². The normalized spacial score (nSPS) is 12.2. The van der Waals surface area contributed by atoms with Gasteiger partial charge in [0.1, 0.15) is 5.69 Å². The lowest BCUT2D eigenvalue weighted by molar-refractivity contribution is -0.152. The van der Waals surface area contributed by atoms with Gasteiger partial charge in [0.2, 0.25) is 5.76 Å². The number of furan rings is 1. The molecule has 0 aliphatic heterocycles. The fourth-order valence-corrected chi connectivity index (χ4v) is 1.46. The minimum Gasteiger partial charge on any atom is -0.477 e. The van der Waals surface area contributed by atoms with Gasteiger partial charge in [-0.25, -0.2) is 4.79 Å². The maximum Gasteiger partial charge on any atom is 0.449 e. The Morgan fingerprint density at radius 1 is 1.44 bits per heavy atom. The Balaban J connectivity index is 2.63. The molecule has 0 spiro atoms. The molecule has 0 aliphatic rings. The van der Waals surface area contributed by atoms with Crippen LogP contribution in [-0.2, 0) is 13.2 Å². The molecule has 0 saturated heterocycles. The minimum atomic E-state index is -4.57. The van der Waals surface area contributed by atoms with Gasteiger partial charge < -0.3 is 14.1 Å². The number of aromatic nitrogens is 1. The lowest BCUT2D eigenvalue weighted by Gasteiger charge is -2.00. The van der Waals surface area contributed by atoms with Gasteiger partial charge in [-0.05, 0) is 0 Å². The highest BCUT2D eigenvalue weighted by atomic mass is 19.4. The maximum atomic E-state index is 12.3. The van der Waals surface area contributed by atoms with Gasteiger partial charge in [-0.1, -0.05) is 0 Å². The van der Waals surface area contributed by atoms with Crippen LogP contribution in [0.5, 0.6) is 0 Å². The number of nitrogens with zero attached hydrogens (tertiary/aromatic N) is 1. The first kappa shape index (κ1) is 10.6. The number of hydrogen-bond acceptors (Lipinski definition) is 2. The topological polar surface area (TPSA) is 55.4 Å². The summed E-state index contributed by atoms with van der Waals surface area (Å²) in [6, 6.07) is 1.84. The van der Waals surface area contributed by atoms with E-state index in [9.17, 15) is 18.0 Å². The quantitative estimate of drug-likeness (QED) is 0.823. The predicted octanol–water partition coefficient (Wildman–Crippen LogP) is 2.49. The van der Waals surface area contributed by atoms with E-state index in [1.807, 2.05) is 0 Å². The predicted molar refractivity (Wildman–Crippen MR) is 47.1 cm³/mol. The van der Waals surface area contributed by atoms with Crippen molar-refractivity contribution >= 4 is 17.1 Å². The second-order valence-corrected chi connectivity index (χ2v) is 3.25. The van der Waals surface area contributed by atoms with Crippen LogP contribution in [0.1, 0.15) is 16.2 Å². The molecule has 0 aliphatic carbocycles. The SMILES string of the molecule is Cn1c(C(=O)O)cc2oc(C(F)(F)F)cc21. The Bertz CT molecular complexity index is 564. The number of rotatable bonds is 1. The molecule has 4 nitrogen and oxygen atoms in total. The molecule has 0 fully saturated rings. The standard InChI is InChI=1S/C9H6F3NO3/c1-13-4-3-7(9(10,11)12)16-6(4)2-5(13)8(14)15/h2-3H,1H3,(H,14,15). The summed E-state index contributed by atoms with van der Waals surface area (Å²) < 4.78 is 42.5. The van der Waals surface area contributed by atoms with Gasteiger partial charge in [0.25, 0.3) is 0 Å². The molecule has 0 bridgehead atoms. The number of aryl methyl sites for hydroxylation is 1. The van der Waals surface area contributed by atoms with Crippen molar-refractivity contribution in [2.45, 2.75) is 6.18 Å². The molecule has 2 aromatic rings. The van der Waals surface area contributed by atoms with Crippen LogP contribution in [0, 0.1) is 0 Å². The second kappa shape index (κ2) is 3.03. The van der Waals surface area contributed by atoms with E-state index in [-0.39, 0.29) is 16.8 Å². The van der Waals surface area contributed by atoms with E-state index in [2.05, 4.69) is 4.42 Å². The van der Waals surface area contributed by atoms with E-state index in [4.69, 9.17) is 5.11 Å². The third kappa shape index (κ3) is 1.44. The van der Waals surface area contributed by atoms with Crippen molar-refractivity contribution in [3.05, 3.63) is 23.6 Å². The summed E-state index contributed by atoms with van der Waals surface area (Å²) in [6.07, 6.45) is -4.57. The zero-order chi connectivity index (χ0) is 12.1. The highest BCUT2D eigenvalue weighted by Crippen LogP contribution is 2.34. The third-order valence-corrected chi connectivity index (χ3v) is 2.23. The molecule has 2 heterocycles. The molecule has 2 aromatic heterocycles. The van der Waals surface area contributed by atoms with Crippen LogP contribution in [0.25, 0.3) is 11.1 Å². The number of fused-ring (bicyclic) bond motifs is 1. The molecule has 7 heteroatoms. The molecular formula is C9H6F3NO3. The van der Waals surface area contributed by atoms with Gasteiger partial charge in [0.05, 0.1) is 5.52 Å². The average molecular weight is 233 g/mol. The van der Waals surface area contributed by atoms with Crippen molar-refractivity contribution in [3.63, 3.8) is 0 Å². The van der Waals surface area contributed by atoms with E-state index in [1.165, 1.54) is 7.05 Å². The van der Waals surface area contributed by atoms with Crippen molar-refractivity contribution < 1.29 is 27.5 Å². The molecule has 86 valence electrons. The van der Waals surface area contributed by atoms with Gasteiger partial charge in [-0.2, -0.15) is 13.2 Å². The lowest BCUT2D eigenvalue weighted by Crippen LogP contribution is -2.05. The van der Waals surface area contributed by atoms with Crippen LogP contribution >= 0.6 is 0 Å². The third-order valence-electron chi connectivity index (χ3n) is 2.23. The molecule has 2 rings (SSSR count). The highest BCUT2D eigenvalue weighted by Gasteiger charge is 2.36. The largest absolute Gasteiger partial charge is 0.477 e. The summed E-state index contributed by atoms with van der Waals surface area (Å²) in [7, 11) is 1.36. The first-order chi connectivity index (χ1) is 7.30. The Kier molecular flexibility index (Phi) is 2.01. The molecule has 16 heavy (non-hydrogen) atoms. The van der Waals surface area contributed by atoms with Crippen molar-refractivity contribution in [1.29, 1.82) is 0 Å². The van der Waals surface area contributed by atoms with E-state index < -0.39 is 17.9 Å². The van der Waals surface area contributed by atoms with E-state index in [1.54, 1.807) is 0 Å².